The zero-order chi connectivity index (χ0) is 20.0. The van der Waals surface area contributed by atoms with E-state index in [4.69, 9.17) is 0 Å². The van der Waals surface area contributed by atoms with Gasteiger partial charge in [0.1, 0.15) is 0 Å². The van der Waals surface area contributed by atoms with Crippen molar-refractivity contribution in [2.45, 2.75) is 32.1 Å². The van der Waals surface area contributed by atoms with E-state index in [0.717, 1.165) is 12.0 Å². The molecule has 0 bridgehead atoms. The van der Waals surface area contributed by atoms with Crippen LogP contribution in [0.25, 0.3) is 0 Å². The molecule has 1 N–H and O–H groups in total. The lowest BCUT2D eigenvalue weighted by Crippen LogP contribution is -2.37. The lowest BCUT2D eigenvalue weighted by molar-refractivity contribution is -0.116. The van der Waals surface area contributed by atoms with Crippen molar-refractivity contribution < 1.29 is 18.0 Å². The van der Waals surface area contributed by atoms with Gasteiger partial charge in [0.15, 0.2) is 5.78 Å². The molecule has 2 aromatic carbocycles. The van der Waals surface area contributed by atoms with Crippen LogP contribution < -0.4 is 9.62 Å². The third-order valence-electron chi connectivity index (χ3n) is 4.24. The Morgan fingerprint density at radius 3 is 2.04 bits per heavy atom. The minimum absolute atomic E-state index is 0.0576. The molecule has 144 valence electrons. The number of nitrogens with zero attached hydrogens (tertiary/aromatic N) is 1. The first-order valence-corrected chi connectivity index (χ1v) is 10.2. The van der Waals surface area contributed by atoms with Crippen LogP contribution in [0.3, 0.4) is 0 Å². The van der Waals surface area contributed by atoms with E-state index in [0.29, 0.717) is 11.3 Å². The highest BCUT2D eigenvalue weighted by molar-refractivity contribution is 7.89. The van der Waals surface area contributed by atoms with Crippen molar-refractivity contribution in [1.29, 1.82) is 0 Å². The molecule has 0 radical (unpaired) electrons. The van der Waals surface area contributed by atoms with Gasteiger partial charge in [0, 0.05) is 31.3 Å². The highest BCUT2D eigenvalue weighted by atomic mass is 32.2. The van der Waals surface area contributed by atoms with Gasteiger partial charge in [-0.1, -0.05) is 19.1 Å². The monoisotopic (exact) mass is 388 g/mol. The molecule has 0 aliphatic heterocycles. The van der Waals surface area contributed by atoms with Gasteiger partial charge in [0.25, 0.3) is 0 Å². The zero-order valence-corrected chi connectivity index (χ0v) is 16.5. The fourth-order valence-corrected chi connectivity index (χ4v) is 3.64. The summed E-state index contributed by atoms with van der Waals surface area (Å²) in [6.07, 6.45) is 0.837. The molecule has 6 nitrogen and oxygen atoms in total. The standard InChI is InChI=1S/C20H24N2O4S/c1-4-17-5-11-20(12-6-17)27(25,26)21-13-14-22(16(3)24)19-9-7-18(8-10-19)15(2)23/h5-12,21H,4,13-14H2,1-3H3. The number of sulfonamides is 1. The molecule has 27 heavy (non-hydrogen) atoms. The Hall–Kier alpha value is -2.51. The SMILES string of the molecule is CCc1ccc(S(=O)(=O)NCCN(C(C)=O)c2ccc(C(C)=O)cc2)cc1. The summed E-state index contributed by atoms with van der Waals surface area (Å²) in [4.78, 5) is 25.0. The summed E-state index contributed by atoms with van der Waals surface area (Å²) in [6, 6.07) is 13.4. The lowest BCUT2D eigenvalue weighted by atomic mass is 10.1. The van der Waals surface area contributed by atoms with E-state index in [1.54, 1.807) is 48.5 Å². The third-order valence-corrected chi connectivity index (χ3v) is 5.71. The summed E-state index contributed by atoms with van der Waals surface area (Å²) < 4.78 is 27.3. The highest BCUT2D eigenvalue weighted by Crippen LogP contribution is 2.16. The Morgan fingerprint density at radius 1 is 0.963 bits per heavy atom. The maximum Gasteiger partial charge on any atom is 0.240 e. The van der Waals surface area contributed by atoms with Gasteiger partial charge in [-0.3, -0.25) is 9.59 Å². The Bertz CT molecular complexity index is 904. The number of amides is 1. The maximum atomic E-state index is 12.4. The number of aryl methyl sites for hydroxylation is 1. The fourth-order valence-electron chi connectivity index (χ4n) is 2.62. The minimum Gasteiger partial charge on any atom is -0.311 e. The Balaban J connectivity index is 2.05. The van der Waals surface area contributed by atoms with Gasteiger partial charge in [-0.25, -0.2) is 13.1 Å². The van der Waals surface area contributed by atoms with Crippen LogP contribution in [0.4, 0.5) is 5.69 Å². The topological polar surface area (TPSA) is 83.6 Å². The molecule has 0 unspecified atom stereocenters. The summed E-state index contributed by atoms with van der Waals surface area (Å²) in [5.74, 6) is -0.269. The van der Waals surface area contributed by atoms with Gasteiger partial charge in [-0.05, 0) is 55.3 Å². The molecule has 0 saturated carbocycles. The quantitative estimate of drug-likeness (QED) is 0.705. The summed E-state index contributed by atoms with van der Waals surface area (Å²) in [7, 11) is -3.64. The largest absolute Gasteiger partial charge is 0.311 e. The molecule has 0 atom stereocenters. The molecule has 0 spiro atoms. The second-order valence-corrected chi connectivity index (χ2v) is 7.94. The number of ketones is 1. The molecular formula is C20H24N2O4S. The zero-order valence-electron chi connectivity index (χ0n) is 15.7. The first-order valence-electron chi connectivity index (χ1n) is 8.72. The molecule has 0 aromatic heterocycles. The smallest absolute Gasteiger partial charge is 0.240 e. The number of hydrogen-bond acceptors (Lipinski definition) is 4. The van der Waals surface area contributed by atoms with Crippen LogP contribution in [0.5, 0.6) is 0 Å². The van der Waals surface area contributed by atoms with Crippen LogP contribution in [-0.2, 0) is 21.2 Å². The second kappa shape index (κ2) is 8.92. The van der Waals surface area contributed by atoms with Crippen LogP contribution >= 0.6 is 0 Å². The van der Waals surface area contributed by atoms with E-state index in [1.165, 1.54) is 18.7 Å². The maximum absolute atomic E-state index is 12.4. The number of hydrogen-bond donors (Lipinski definition) is 1. The predicted octanol–water partition coefficient (Wildman–Crippen LogP) is 2.78. The number of Topliss-reactive ketones (excluding diaryl/α,β-unsaturated/α-hetero) is 1. The van der Waals surface area contributed by atoms with Crippen molar-refractivity contribution in [1.82, 2.24) is 4.72 Å². The van der Waals surface area contributed by atoms with E-state index in [-0.39, 0.29) is 29.7 Å². The minimum atomic E-state index is -3.64. The molecule has 2 aromatic rings. The first-order chi connectivity index (χ1) is 12.7. The van der Waals surface area contributed by atoms with Crippen molar-refractivity contribution in [2.24, 2.45) is 0 Å². The van der Waals surface area contributed by atoms with Gasteiger partial charge in [-0.2, -0.15) is 0 Å². The molecule has 2 rings (SSSR count). The fraction of sp³-hybridized carbons (Fsp3) is 0.300. The summed E-state index contributed by atoms with van der Waals surface area (Å²) >= 11 is 0. The molecule has 0 aliphatic rings. The van der Waals surface area contributed by atoms with Crippen LogP contribution in [0.1, 0.15) is 36.7 Å². The van der Waals surface area contributed by atoms with Gasteiger partial charge >= 0.3 is 0 Å². The molecule has 1 amide bonds. The van der Waals surface area contributed by atoms with E-state index in [2.05, 4.69) is 4.72 Å². The number of rotatable bonds is 8. The average molecular weight is 388 g/mol. The van der Waals surface area contributed by atoms with Crippen molar-refractivity contribution in [3.05, 3.63) is 59.7 Å². The van der Waals surface area contributed by atoms with Gasteiger partial charge < -0.3 is 4.90 Å². The van der Waals surface area contributed by atoms with E-state index >= 15 is 0 Å². The normalized spacial score (nSPS) is 11.2. The Kier molecular flexibility index (Phi) is 6.87. The molecule has 0 aliphatic carbocycles. The van der Waals surface area contributed by atoms with Crippen molar-refractivity contribution in [3.63, 3.8) is 0 Å². The van der Waals surface area contributed by atoms with Gasteiger partial charge in [-0.15, -0.1) is 0 Å². The van der Waals surface area contributed by atoms with Gasteiger partial charge in [0.2, 0.25) is 15.9 Å². The third kappa shape index (κ3) is 5.48. The van der Waals surface area contributed by atoms with Gasteiger partial charge in [0.05, 0.1) is 4.90 Å². The molecular weight excluding hydrogens is 364 g/mol. The van der Waals surface area contributed by atoms with Crippen LogP contribution in [0, 0.1) is 0 Å². The molecule has 0 fully saturated rings. The predicted molar refractivity (Wildman–Crippen MR) is 105 cm³/mol. The highest BCUT2D eigenvalue weighted by Gasteiger charge is 2.16. The summed E-state index contributed by atoms with van der Waals surface area (Å²) in [5.41, 5.74) is 2.23. The van der Waals surface area contributed by atoms with E-state index < -0.39 is 10.0 Å². The molecule has 0 heterocycles. The Morgan fingerprint density at radius 2 is 1.56 bits per heavy atom. The van der Waals surface area contributed by atoms with Crippen molar-refractivity contribution in [2.75, 3.05) is 18.0 Å². The van der Waals surface area contributed by atoms with Crippen molar-refractivity contribution in [3.8, 4) is 0 Å². The first kappa shape index (κ1) is 20.8. The van der Waals surface area contributed by atoms with Crippen LogP contribution in [-0.4, -0.2) is 33.2 Å². The van der Waals surface area contributed by atoms with Crippen LogP contribution in [0.15, 0.2) is 53.4 Å². The Labute approximate surface area is 160 Å². The number of carbonyl (C=O) groups excluding carboxylic acids is 2. The second-order valence-electron chi connectivity index (χ2n) is 6.17. The number of anilines is 1. The lowest BCUT2D eigenvalue weighted by Gasteiger charge is -2.21. The molecule has 0 saturated heterocycles. The van der Waals surface area contributed by atoms with E-state index in [9.17, 15) is 18.0 Å². The number of nitrogens with one attached hydrogen (secondary N) is 1. The van der Waals surface area contributed by atoms with Crippen LogP contribution in [0.2, 0.25) is 0 Å². The average Bonchev–Trinajstić information content (AvgIpc) is 2.65. The summed E-state index contributed by atoms with van der Waals surface area (Å²) in [5, 5.41) is 0. The number of benzene rings is 2. The summed E-state index contributed by atoms with van der Waals surface area (Å²) in [6.45, 7) is 5.14. The van der Waals surface area contributed by atoms with E-state index in [1.807, 2.05) is 6.92 Å². The molecule has 7 heteroatoms. The van der Waals surface area contributed by atoms with Crippen molar-refractivity contribution >= 4 is 27.4 Å². The number of carbonyl (C=O) groups is 2.